The molecule has 1 aliphatic rings. The average molecular weight is 388 g/mol. The summed E-state index contributed by atoms with van der Waals surface area (Å²) in [5, 5.41) is 3.22. The van der Waals surface area contributed by atoms with Crippen molar-refractivity contribution in [3.8, 4) is 0 Å². The molecule has 1 aromatic rings. The predicted molar refractivity (Wildman–Crippen MR) is 82.1 cm³/mol. The van der Waals surface area contributed by atoms with E-state index in [0.717, 1.165) is 25.9 Å². The van der Waals surface area contributed by atoms with Gasteiger partial charge in [-0.25, -0.2) is 17.5 Å². The zero-order chi connectivity index (χ0) is 13.9. The van der Waals surface area contributed by atoms with Gasteiger partial charge in [0.05, 0.1) is 4.47 Å². The first kappa shape index (κ1) is 17.8. The fraction of sp³-hybridized carbons (Fsp3) is 0.500. The molecule has 0 amide bonds. The van der Waals surface area contributed by atoms with Crippen LogP contribution < -0.4 is 10.0 Å². The highest BCUT2D eigenvalue weighted by Crippen LogP contribution is 2.22. The summed E-state index contributed by atoms with van der Waals surface area (Å²) in [7, 11) is -3.78. The number of benzene rings is 1. The molecule has 2 rings (SSSR count). The van der Waals surface area contributed by atoms with Gasteiger partial charge in [-0.15, -0.1) is 12.4 Å². The molecule has 1 heterocycles. The number of sulfonamides is 1. The fourth-order valence-electron chi connectivity index (χ4n) is 2.13. The first-order valence-corrected chi connectivity index (χ1v) is 8.43. The molecule has 1 aromatic carbocycles. The molecular weight excluding hydrogens is 371 g/mol. The second kappa shape index (κ2) is 7.70. The van der Waals surface area contributed by atoms with Crippen molar-refractivity contribution in [3.63, 3.8) is 0 Å². The van der Waals surface area contributed by atoms with E-state index in [9.17, 15) is 12.8 Å². The SMILES string of the molecule is Cl.O=S(=O)(NCCC1CCNC1)c1cccc(Br)c1F. The number of hydrogen-bond donors (Lipinski definition) is 2. The van der Waals surface area contributed by atoms with Crippen molar-refractivity contribution in [1.82, 2.24) is 10.0 Å². The topological polar surface area (TPSA) is 58.2 Å². The first-order valence-electron chi connectivity index (χ1n) is 6.15. The van der Waals surface area contributed by atoms with E-state index in [1.807, 2.05) is 0 Å². The molecule has 1 aliphatic heterocycles. The molecule has 0 bridgehead atoms. The Kier molecular flexibility index (Phi) is 6.87. The summed E-state index contributed by atoms with van der Waals surface area (Å²) in [4.78, 5) is -0.313. The molecule has 2 N–H and O–H groups in total. The maximum Gasteiger partial charge on any atom is 0.243 e. The summed E-state index contributed by atoms with van der Waals surface area (Å²) >= 11 is 2.99. The summed E-state index contributed by atoms with van der Waals surface area (Å²) < 4.78 is 40.3. The van der Waals surface area contributed by atoms with E-state index < -0.39 is 15.8 Å². The Labute approximate surface area is 133 Å². The molecule has 1 unspecified atom stereocenters. The first-order chi connectivity index (χ1) is 9.00. The van der Waals surface area contributed by atoms with Crippen LogP contribution in [0.15, 0.2) is 27.6 Å². The molecule has 1 atom stereocenters. The van der Waals surface area contributed by atoms with E-state index in [2.05, 4.69) is 26.0 Å². The van der Waals surface area contributed by atoms with Crippen molar-refractivity contribution >= 4 is 38.4 Å². The van der Waals surface area contributed by atoms with E-state index in [4.69, 9.17) is 0 Å². The van der Waals surface area contributed by atoms with Crippen LogP contribution in [0.25, 0.3) is 0 Å². The molecule has 0 aliphatic carbocycles. The lowest BCUT2D eigenvalue weighted by Gasteiger charge is -2.11. The third kappa shape index (κ3) is 4.39. The summed E-state index contributed by atoms with van der Waals surface area (Å²) in [6, 6.07) is 4.24. The van der Waals surface area contributed by atoms with Gasteiger partial charge in [-0.05, 0) is 59.9 Å². The highest BCUT2D eigenvalue weighted by molar-refractivity contribution is 9.10. The molecule has 0 radical (unpaired) electrons. The molecule has 1 fully saturated rings. The van der Waals surface area contributed by atoms with Crippen LogP contribution in [0, 0.1) is 11.7 Å². The maximum atomic E-state index is 13.7. The lowest BCUT2D eigenvalue weighted by molar-refractivity contribution is 0.515. The molecule has 4 nitrogen and oxygen atoms in total. The normalized spacial score (nSPS) is 18.8. The minimum atomic E-state index is -3.78. The smallest absolute Gasteiger partial charge is 0.243 e. The van der Waals surface area contributed by atoms with E-state index in [-0.39, 0.29) is 21.8 Å². The second-order valence-corrected chi connectivity index (χ2v) is 7.19. The lowest BCUT2D eigenvalue weighted by atomic mass is 10.1. The molecule has 0 spiro atoms. The van der Waals surface area contributed by atoms with Gasteiger partial charge >= 0.3 is 0 Å². The summed E-state index contributed by atoms with van der Waals surface area (Å²) in [5.41, 5.74) is 0. The number of nitrogens with one attached hydrogen (secondary N) is 2. The van der Waals surface area contributed by atoms with Crippen molar-refractivity contribution in [2.24, 2.45) is 5.92 Å². The van der Waals surface area contributed by atoms with E-state index >= 15 is 0 Å². The van der Waals surface area contributed by atoms with Gasteiger partial charge < -0.3 is 5.32 Å². The molecule has 8 heteroatoms. The number of hydrogen-bond acceptors (Lipinski definition) is 3. The zero-order valence-corrected chi connectivity index (χ0v) is 14.0. The van der Waals surface area contributed by atoms with Gasteiger partial charge in [0.25, 0.3) is 0 Å². The van der Waals surface area contributed by atoms with Crippen molar-refractivity contribution in [2.75, 3.05) is 19.6 Å². The summed E-state index contributed by atoms with van der Waals surface area (Å²) in [5.74, 6) is -0.257. The average Bonchev–Trinajstić information content (AvgIpc) is 2.85. The largest absolute Gasteiger partial charge is 0.316 e. The minimum Gasteiger partial charge on any atom is -0.316 e. The Bertz CT molecular complexity index is 550. The highest BCUT2D eigenvalue weighted by atomic mass is 79.9. The Morgan fingerprint density at radius 1 is 1.45 bits per heavy atom. The number of halogens is 3. The van der Waals surface area contributed by atoms with Crippen molar-refractivity contribution < 1.29 is 12.8 Å². The molecular formula is C12H17BrClFN2O2S. The van der Waals surface area contributed by atoms with Crippen molar-refractivity contribution in [3.05, 3.63) is 28.5 Å². The third-order valence-corrected chi connectivity index (χ3v) is 5.30. The lowest BCUT2D eigenvalue weighted by Crippen LogP contribution is -2.27. The van der Waals surface area contributed by atoms with Crippen LogP contribution in [-0.2, 0) is 10.0 Å². The molecule has 20 heavy (non-hydrogen) atoms. The van der Waals surface area contributed by atoms with Crippen LogP contribution in [0.4, 0.5) is 4.39 Å². The van der Waals surface area contributed by atoms with Crippen LogP contribution in [-0.4, -0.2) is 28.1 Å². The van der Waals surface area contributed by atoms with Crippen LogP contribution in [0.5, 0.6) is 0 Å². The summed E-state index contributed by atoms with van der Waals surface area (Å²) in [6.07, 6.45) is 1.83. The summed E-state index contributed by atoms with van der Waals surface area (Å²) in [6.45, 7) is 2.24. The quantitative estimate of drug-likeness (QED) is 0.815. The Morgan fingerprint density at radius 3 is 2.85 bits per heavy atom. The maximum absolute atomic E-state index is 13.7. The fourth-order valence-corrected chi connectivity index (χ4v) is 3.77. The second-order valence-electron chi connectivity index (χ2n) is 4.60. The zero-order valence-electron chi connectivity index (χ0n) is 10.7. The van der Waals surface area contributed by atoms with E-state index in [1.54, 1.807) is 0 Å². The van der Waals surface area contributed by atoms with E-state index in [1.165, 1.54) is 18.2 Å². The predicted octanol–water partition coefficient (Wildman–Crippen LogP) is 2.29. The standard InChI is InChI=1S/C12H16BrFN2O2S.ClH/c13-10-2-1-3-11(12(10)14)19(17,18)16-7-5-9-4-6-15-8-9;/h1-3,9,15-16H,4-8H2;1H. The number of rotatable bonds is 5. The molecule has 0 aromatic heterocycles. The van der Waals surface area contributed by atoms with Gasteiger partial charge in [-0.2, -0.15) is 0 Å². The van der Waals surface area contributed by atoms with Crippen molar-refractivity contribution in [2.45, 2.75) is 17.7 Å². The molecule has 114 valence electrons. The highest BCUT2D eigenvalue weighted by Gasteiger charge is 2.21. The molecule has 0 saturated carbocycles. The van der Waals surface area contributed by atoms with Gasteiger partial charge in [0.15, 0.2) is 5.82 Å². The van der Waals surface area contributed by atoms with Crippen LogP contribution in [0.2, 0.25) is 0 Å². The van der Waals surface area contributed by atoms with Gasteiger partial charge in [0.2, 0.25) is 10.0 Å². The Balaban J connectivity index is 0.00000200. The third-order valence-electron chi connectivity index (χ3n) is 3.21. The Morgan fingerprint density at radius 2 is 2.20 bits per heavy atom. The minimum absolute atomic E-state index is 0. The van der Waals surface area contributed by atoms with Gasteiger partial charge in [0, 0.05) is 6.54 Å². The van der Waals surface area contributed by atoms with Crippen LogP contribution in [0.1, 0.15) is 12.8 Å². The molecule has 1 saturated heterocycles. The van der Waals surface area contributed by atoms with Crippen molar-refractivity contribution in [1.29, 1.82) is 0 Å². The van der Waals surface area contributed by atoms with E-state index in [0.29, 0.717) is 12.5 Å². The van der Waals surface area contributed by atoms with Crippen LogP contribution >= 0.6 is 28.3 Å². The Hall–Kier alpha value is -0.210. The van der Waals surface area contributed by atoms with Gasteiger partial charge in [-0.3, -0.25) is 0 Å². The monoisotopic (exact) mass is 386 g/mol. The van der Waals surface area contributed by atoms with Crippen LogP contribution in [0.3, 0.4) is 0 Å². The van der Waals surface area contributed by atoms with Gasteiger partial charge in [0.1, 0.15) is 4.90 Å². The van der Waals surface area contributed by atoms with Gasteiger partial charge in [-0.1, -0.05) is 6.07 Å².